The maximum absolute atomic E-state index is 13.5. The van der Waals surface area contributed by atoms with Gasteiger partial charge < -0.3 is 4.90 Å². The van der Waals surface area contributed by atoms with Crippen molar-refractivity contribution >= 4 is 17.7 Å². The molecule has 8 heteroatoms. The van der Waals surface area contributed by atoms with E-state index < -0.39 is 5.25 Å². The number of hydrogen-bond donors (Lipinski definition) is 0. The number of para-hydroxylation sites is 1. The van der Waals surface area contributed by atoms with Crippen LogP contribution in [0.5, 0.6) is 0 Å². The molecule has 2 heterocycles. The van der Waals surface area contributed by atoms with Crippen molar-refractivity contribution in [3.8, 4) is 17.1 Å². The number of aryl methyl sites for hydroxylation is 1. The first-order chi connectivity index (χ1) is 15.9. The molecule has 0 bridgehead atoms. The first kappa shape index (κ1) is 22.7. The minimum Gasteiger partial charge on any atom is -0.340 e. The van der Waals surface area contributed by atoms with Gasteiger partial charge in [-0.15, -0.1) is 10.2 Å². The highest BCUT2D eigenvalue weighted by atomic mass is 32.2. The smallest absolute Gasteiger partial charge is 0.235 e. The maximum atomic E-state index is 13.5. The molecular weight excluding hydrogens is 437 g/mol. The van der Waals surface area contributed by atoms with Crippen LogP contribution in [-0.2, 0) is 11.3 Å². The number of rotatable bonds is 7. The van der Waals surface area contributed by atoms with Gasteiger partial charge in [0.1, 0.15) is 5.82 Å². The highest BCUT2D eigenvalue weighted by Gasteiger charge is 2.24. The zero-order valence-corrected chi connectivity index (χ0v) is 19.5. The van der Waals surface area contributed by atoms with Gasteiger partial charge in [-0.1, -0.05) is 42.1 Å². The molecule has 1 amide bonds. The van der Waals surface area contributed by atoms with E-state index in [1.807, 2.05) is 54.8 Å². The molecule has 0 spiro atoms. The van der Waals surface area contributed by atoms with Gasteiger partial charge in [0.25, 0.3) is 0 Å². The predicted octanol–water partition coefficient (Wildman–Crippen LogP) is 4.92. The van der Waals surface area contributed by atoms with Crippen LogP contribution in [0.2, 0.25) is 0 Å². The molecule has 0 fully saturated rings. The van der Waals surface area contributed by atoms with E-state index >= 15 is 0 Å². The number of nitrogens with zero attached hydrogens (tertiary/aromatic N) is 5. The molecule has 0 aliphatic carbocycles. The van der Waals surface area contributed by atoms with Gasteiger partial charge in [-0.2, -0.15) is 0 Å². The van der Waals surface area contributed by atoms with Gasteiger partial charge in [-0.25, -0.2) is 4.39 Å². The van der Waals surface area contributed by atoms with Crippen molar-refractivity contribution < 1.29 is 9.18 Å². The number of benzene rings is 2. The average molecular weight is 462 g/mol. The third kappa shape index (κ3) is 5.12. The lowest BCUT2D eigenvalue weighted by Crippen LogP contribution is -2.33. The number of carbonyl (C=O) groups is 1. The van der Waals surface area contributed by atoms with E-state index in [1.165, 1.54) is 23.9 Å². The maximum Gasteiger partial charge on any atom is 0.235 e. The zero-order chi connectivity index (χ0) is 23.4. The molecule has 4 rings (SSSR count). The van der Waals surface area contributed by atoms with E-state index in [4.69, 9.17) is 0 Å². The summed E-state index contributed by atoms with van der Waals surface area (Å²) >= 11 is 1.34. The molecule has 0 aliphatic rings. The standard InChI is InChI=1S/C25H24FN5OS/c1-17-8-4-5-12-22(17)31-23(20-10-7-13-27-15-20)28-29-25(31)33-18(2)24(32)30(3)16-19-9-6-11-21(26)14-19/h4-15,18H,16H2,1-3H3. The van der Waals surface area contributed by atoms with Gasteiger partial charge in [0.05, 0.1) is 10.9 Å². The number of thioether (sulfide) groups is 1. The van der Waals surface area contributed by atoms with Crippen molar-refractivity contribution in [2.24, 2.45) is 0 Å². The molecule has 33 heavy (non-hydrogen) atoms. The fraction of sp³-hybridized carbons (Fsp3) is 0.200. The Kier molecular flexibility index (Phi) is 6.84. The molecule has 2 aromatic carbocycles. The first-order valence-corrected chi connectivity index (χ1v) is 11.4. The second kappa shape index (κ2) is 9.95. The first-order valence-electron chi connectivity index (χ1n) is 10.5. The number of hydrogen-bond acceptors (Lipinski definition) is 5. The van der Waals surface area contributed by atoms with Gasteiger partial charge >= 0.3 is 0 Å². The third-order valence-electron chi connectivity index (χ3n) is 5.22. The lowest BCUT2D eigenvalue weighted by Gasteiger charge is -2.21. The van der Waals surface area contributed by atoms with E-state index in [1.54, 1.807) is 36.5 Å². The van der Waals surface area contributed by atoms with Crippen LogP contribution in [0.3, 0.4) is 0 Å². The lowest BCUT2D eigenvalue weighted by atomic mass is 10.2. The van der Waals surface area contributed by atoms with Crippen molar-refractivity contribution in [1.82, 2.24) is 24.6 Å². The summed E-state index contributed by atoms with van der Waals surface area (Å²) < 4.78 is 15.5. The van der Waals surface area contributed by atoms with Crippen LogP contribution in [-0.4, -0.2) is 42.9 Å². The Bertz CT molecular complexity index is 1260. The summed E-state index contributed by atoms with van der Waals surface area (Å²) in [6.45, 7) is 4.20. The van der Waals surface area contributed by atoms with Crippen LogP contribution in [0.25, 0.3) is 17.1 Å². The number of halogens is 1. The molecule has 0 saturated carbocycles. The number of aromatic nitrogens is 4. The Morgan fingerprint density at radius 3 is 2.67 bits per heavy atom. The Balaban J connectivity index is 1.62. The van der Waals surface area contributed by atoms with E-state index in [9.17, 15) is 9.18 Å². The van der Waals surface area contributed by atoms with Gasteiger partial charge in [-0.3, -0.25) is 14.3 Å². The fourth-order valence-electron chi connectivity index (χ4n) is 3.57. The van der Waals surface area contributed by atoms with Gasteiger partial charge in [0.2, 0.25) is 5.91 Å². The molecule has 0 radical (unpaired) electrons. The second-order valence-electron chi connectivity index (χ2n) is 7.75. The third-order valence-corrected chi connectivity index (χ3v) is 6.25. The van der Waals surface area contributed by atoms with Crippen molar-refractivity contribution in [2.75, 3.05) is 7.05 Å². The number of carbonyl (C=O) groups excluding carboxylic acids is 1. The van der Waals surface area contributed by atoms with Crippen LogP contribution in [0.4, 0.5) is 4.39 Å². The van der Waals surface area contributed by atoms with E-state index in [0.717, 1.165) is 22.4 Å². The minimum atomic E-state index is -0.419. The molecule has 168 valence electrons. The zero-order valence-electron chi connectivity index (χ0n) is 18.6. The number of amides is 1. The summed E-state index contributed by atoms with van der Waals surface area (Å²) in [5, 5.41) is 9.03. The van der Waals surface area contributed by atoms with Crippen molar-refractivity contribution in [3.63, 3.8) is 0 Å². The monoisotopic (exact) mass is 461 g/mol. The minimum absolute atomic E-state index is 0.0773. The highest BCUT2D eigenvalue weighted by Crippen LogP contribution is 2.31. The van der Waals surface area contributed by atoms with Crippen molar-refractivity contribution in [3.05, 3.63) is 90.0 Å². The van der Waals surface area contributed by atoms with Crippen LogP contribution < -0.4 is 0 Å². The Labute approximate surface area is 196 Å². The fourth-order valence-corrected chi connectivity index (χ4v) is 4.54. The topological polar surface area (TPSA) is 63.9 Å². The largest absolute Gasteiger partial charge is 0.340 e. The molecule has 0 N–H and O–H groups in total. The molecule has 0 aliphatic heterocycles. The highest BCUT2D eigenvalue weighted by molar-refractivity contribution is 8.00. The van der Waals surface area contributed by atoms with Gasteiger partial charge in [0, 0.05) is 31.5 Å². The molecule has 0 saturated heterocycles. The van der Waals surface area contributed by atoms with Crippen molar-refractivity contribution in [1.29, 1.82) is 0 Å². The molecule has 2 aromatic heterocycles. The molecule has 1 unspecified atom stereocenters. The predicted molar refractivity (Wildman–Crippen MR) is 128 cm³/mol. The Morgan fingerprint density at radius 1 is 1.12 bits per heavy atom. The molecule has 6 nitrogen and oxygen atoms in total. The number of pyridine rings is 1. The van der Waals surface area contributed by atoms with Gasteiger partial charge in [0.15, 0.2) is 11.0 Å². The SMILES string of the molecule is Cc1ccccc1-n1c(SC(C)C(=O)N(C)Cc2cccc(F)c2)nnc1-c1cccnc1. The summed E-state index contributed by atoms with van der Waals surface area (Å²) in [7, 11) is 1.72. The van der Waals surface area contributed by atoms with Crippen LogP contribution in [0, 0.1) is 12.7 Å². The van der Waals surface area contributed by atoms with Crippen LogP contribution in [0.1, 0.15) is 18.1 Å². The van der Waals surface area contributed by atoms with Gasteiger partial charge in [-0.05, 0) is 55.3 Å². The second-order valence-corrected chi connectivity index (χ2v) is 9.06. The van der Waals surface area contributed by atoms with E-state index in [0.29, 0.717) is 17.5 Å². The summed E-state index contributed by atoms with van der Waals surface area (Å²) in [6.07, 6.45) is 3.46. The molecule has 4 aromatic rings. The Morgan fingerprint density at radius 2 is 1.94 bits per heavy atom. The summed E-state index contributed by atoms with van der Waals surface area (Å²) in [5.41, 5.74) is 3.58. The van der Waals surface area contributed by atoms with E-state index in [2.05, 4.69) is 15.2 Å². The van der Waals surface area contributed by atoms with Crippen LogP contribution >= 0.6 is 11.8 Å². The average Bonchev–Trinajstić information content (AvgIpc) is 3.22. The van der Waals surface area contributed by atoms with E-state index in [-0.39, 0.29) is 11.7 Å². The summed E-state index contributed by atoms with van der Waals surface area (Å²) in [5.74, 6) is 0.268. The van der Waals surface area contributed by atoms with Crippen molar-refractivity contribution in [2.45, 2.75) is 30.8 Å². The molecule has 1 atom stereocenters. The summed E-state index contributed by atoms with van der Waals surface area (Å²) in [6, 6.07) is 18.0. The molecular formula is C25H24FN5OS. The summed E-state index contributed by atoms with van der Waals surface area (Å²) in [4.78, 5) is 18.9. The lowest BCUT2D eigenvalue weighted by molar-refractivity contribution is -0.129. The van der Waals surface area contributed by atoms with Crippen LogP contribution in [0.15, 0.2) is 78.2 Å². The quantitative estimate of drug-likeness (QED) is 0.366. The normalized spacial score (nSPS) is 11.9. The Hall–Kier alpha value is -3.52.